The molecule has 0 atom stereocenters. The summed E-state index contributed by atoms with van der Waals surface area (Å²) in [5.41, 5.74) is 1.45. The van der Waals surface area contributed by atoms with Crippen LogP contribution in [0.3, 0.4) is 0 Å². The number of piperazine rings is 1. The minimum Gasteiger partial charge on any atom is -0.379 e. The van der Waals surface area contributed by atoms with Gasteiger partial charge in [0.15, 0.2) is 0 Å². The Morgan fingerprint density at radius 3 is 2.48 bits per heavy atom. The molecule has 0 aromatic carbocycles. The van der Waals surface area contributed by atoms with Crippen LogP contribution in [0.25, 0.3) is 0 Å². The molecular formula is C16H28N4O. The van der Waals surface area contributed by atoms with Crippen LogP contribution >= 0.6 is 0 Å². The molecule has 0 saturated carbocycles. The fraction of sp³-hybridized carbons (Fsp3) is 0.750. The standard InChI is InChI=1S/C16H28N4O/c1-17-5-7-19(8-6-17)15-16-3-2-4-20(16)10-9-18-11-13-21-14-12-18/h2-4H,5-15H2,1H3. The predicted molar refractivity (Wildman–Crippen MR) is 84.5 cm³/mol. The van der Waals surface area contributed by atoms with Gasteiger partial charge in [-0.3, -0.25) is 9.80 Å². The molecule has 0 spiro atoms. The molecule has 118 valence electrons. The van der Waals surface area contributed by atoms with Crippen molar-refractivity contribution in [2.24, 2.45) is 0 Å². The van der Waals surface area contributed by atoms with Crippen molar-refractivity contribution in [3.8, 4) is 0 Å². The van der Waals surface area contributed by atoms with E-state index in [4.69, 9.17) is 4.74 Å². The molecule has 0 N–H and O–H groups in total. The van der Waals surface area contributed by atoms with Crippen LogP contribution in [0.2, 0.25) is 0 Å². The van der Waals surface area contributed by atoms with Gasteiger partial charge in [-0.1, -0.05) is 0 Å². The maximum Gasteiger partial charge on any atom is 0.0594 e. The van der Waals surface area contributed by atoms with Crippen LogP contribution in [-0.4, -0.2) is 85.3 Å². The van der Waals surface area contributed by atoms with Crippen LogP contribution in [0.4, 0.5) is 0 Å². The Labute approximate surface area is 128 Å². The summed E-state index contributed by atoms with van der Waals surface area (Å²) in [7, 11) is 2.21. The number of morpholine rings is 1. The summed E-state index contributed by atoms with van der Waals surface area (Å²) in [6.45, 7) is 12.0. The van der Waals surface area contributed by atoms with Crippen LogP contribution in [0, 0.1) is 0 Å². The van der Waals surface area contributed by atoms with Crippen LogP contribution in [0.5, 0.6) is 0 Å². The molecule has 5 heteroatoms. The summed E-state index contributed by atoms with van der Waals surface area (Å²) in [5.74, 6) is 0. The van der Waals surface area contributed by atoms with Crippen LogP contribution in [-0.2, 0) is 17.8 Å². The van der Waals surface area contributed by atoms with Gasteiger partial charge in [-0.15, -0.1) is 0 Å². The second-order valence-corrected chi connectivity index (χ2v) is 6.23. The second kappa shape index (κ2) is 7.40. The molecule has 3 rings (SSSR count). The van der Waals surface area contributed by atoms with E-state index in [0.717, 1.165) is 45.9 Å². The zero-order valence-electron chi connectivity index (χ0n) is 13.2. The molecule has 2 aliphatic rings. The van der Waals surface area contributed by atoms with Gasteiger partial charge >= 0.3 is 0 Å². The van der Waals surface area contributed by atoms with Crippen molar-refractivity contribution < 1.29 is 4.74 Å². The third-order valence-electron chi connectivity index (χ3n) is 4.67. The van der Waals surface area contributed by atoms with Crippen molar-refractivity contribution in [2.45, 2.75) is 13.1 Å². The summed E-state index contributed by atoms with van der Waals surface area (Å²) >= 11 is 0. The second-order valence-electron chi connectivity index (χ2n) is 6.23. The molecule has 2 saturated heterocycles. The molecular weight excluding hydrogens is 264 g/mol. The highest BCUT2D eigenvalue weighted by Gasteiger charge is 2.16. The zero-order valence-corrected chi connectivity index (χ0v) is 13.2. The van der Waals surface area contributed by atoms with Gasteiger partial charge in [0.25, 0.3) is 0 Å². The van der Waals surface area contributed by atoms with E-state index < -0.39 is 0 Å². The molecule has 1 aromatic rings. The van der Waals surface area contributed by atoms with Gasteiger partial charge in [-0.05, 0) is 19.2 Å². The molecule has 5 nitrogen and oxygen atoms in total. The summed E-state index contributed by atoms with van der Waals surface area (Å²) in [5, 5.41) is 0. The quantitative estimate of drug-likeness (QED) is 0.792. The highest BCUT2D eigenvalue weighted by molar-refractivity contribution is 5.07. The van der Waals surface area contributed by atoms with Gasteiger partial charge in [0, 0.05) is 70.8 Å². The molecule has 2 fully saturated rings. The molecule has 0 aliphatic carbocycles. The highest BCUT2D eigenvalue weighted by Crippen LogP contribution is 2.10. The lowest BCUT2D eigenvalue weighted by Crippen LogP contribution is -2.44. The maximum absolute atomic E-state index is 5.41. The first-order valence-electron chi connectivity index (χ1n) is 8.16. The number of ether oxygens (including phenoxy) is 1. The number of hydrogen-bond acceptors (Lipinski definition) is 4. The fourth-order valence-corrected chi connectivity index (χ4v) is 3.12. The van der Waals surface area contributed by atoms with Crippen LogP contribution in [0.15, 0.2) is 18.3 Å². The normalized spacial score (nSPS) is 22.7. The van der Waals surface area contributed by atoms with E-state index in [2.05, 4.69) is 44.6 Å². The summed E-state index contributed by atoms with van der Waals surface area (Å²) in [4.78, 5) is 7.48. The van der Waals surface area contributed by atoms with Gasteiger partial charge in [0.05, 0.1) is 13.2 Å². The van der Waals surface area contributed by atoms with Gasteiger partial charge < -0.3 is 14.2 Å². The molecule has 0 radical (unpaired) electrons. The predicted octanol–water partition coefficient (Wildman–Crippen LogP) is 0.568. The number of rotatable bonds is 5. The van der Waals surface area contributed by atoms with Crippen molar-refractivity contribution in [3.05, 3.63) is 24.0 Å². The fourth-order valence-electron chi connectivity index (χ4n) is 3.12. The molecule has 0 unspecified atom stereocenters. The SMILES string of the molecule is CN1CCN(Cc2cccn2CCN2CCOCC2)CC1. The lowest BCUT2D eigenvalue weighted by atomic mass is 10.3. The smallest absolute Gasteiger partial charge is 0.0594 e. The summed E-state index contributed by atoms with van der Waals surface area (Å²) in [6, 6.07) is 4.46. The van der Waals surface area contributed by atoms with Gasteiger partial charge in [0.2, 0.25) is 0 Å². The van der Waals surface area contributed by atoms with E-state index in [9.17, 15) is 0 Å². The van der Waals surface area contributed by atoms with E-state index in [1.807, 2.05) is 0 Å². The van der Waals surface area contributed by atoms with Gasteiger partial charge in [0.1, 0.15) is 0 Å². The molecule has 2 aliphatic heterocycles. The largest absolute Gasteiger partial charge is 0.379 e. The first-order chi connectivity index (χ1) is 10.3. The minimum atomic E-state index is 0.889. The van der Waals surface area contributed by atoms with Crippen molar-refractivity contribution in [1.29, 1.82) is 0 Å². The van der Waals surface area contributed by atoms with E-state index >= 15 is 0 Å². The lowest BCUT2D eigenvalue weighted by molar-refractivity contribution is 0.0362. The Kier molecular flexibility index (Phi) is 5.30. The average molecular weight is 292 g/mol. The van der Waals surface area contributed by atoms with Gasteiger partial charge in [-0.25, -0.2) is 0 Å². The minimum absolute atomic E-state index is 0.889. The van der Waals surface area contributed by atoms with Crippen molar-refractivity contribution in [2.75, 3.05) is 66.1 Å². The Morgan fingerprint density at radius 2 is 1.71 bits per heavy atom. The number of aromatic nitrogens is 1. The molecule has 21 heavy (non-hydrogen) atoms. The molecule has 1 aromatic heterocycles. The Hall–Kier alpha value is -0.880. The Bertz CT molecular complexity index is 420. The van der Waals surface area contributed by atoms with E-state index in [-0.39, 0.29) is 0 Å². The Morgan fingerprint density at radius 1 is 0.952 bits per heavy atom. The topological polar surface area (TPSA) is 23.9 Å². The molecule has 3 heterocycles. The molecule has 0 amide bonds. The van der Waals surface area contributed by atoms with Crippen molar-refractivity contribution >= 4 is 0 Å². The monoisotopic (exact) mass is 292 g/mol. The third-order valence-corrected chi connectivity index (χ3v) is 4.67. The van der Waals surface area contributed by atoms with Crippen molar-refractivity contribution in [1.82, 2.24) is 19.3 Å². The van der Waals surface area contributed by atoms with Crippen molar-refractivity contribution in [3.63, 3.8) is 0 Å². The number of hydrogen-bond donors (Lipinski definition) is 0. The van der Waals surface area contributed by atoms with Gasteiger partial charge in [-0.2, -0.15) is 0 Å². The lowest BCUT2D eigenvalue weighted by Gasteiger charge is -2.32. The Balaban J connectivity index is 1.49. The molecule has 0 bridgehead atoms. The average Bonchev–Trinajstić information content (AvgIpc) is 2.96. The van der Waals surface area contributed by atoms with E-state index in [1.54, 1.807) is 0 Å². The highest BCUT2D eigenvalue weighted by atomic mass is 16.5. The van der Waals surface area contributed by atoms with E-state index in [0.29, 0.717) is 0 Å². The van der Waals surface area contributed by atoms with Crippen LogP contribution < -0.4 is 0 Å². The van der Waals surface area contributed by atoms with E-state index in [1.165, 1.54) is 31.9 Å². The zero-order chi connectivity index (χ0) is 14.5. The maximum atomic E-state index is 5.41. The number of nitrogens with zero attached hydrogens (tertiary/aromatic N) is 4. The number of likely N-dealkylation sites (N-methyl/N-ethyl adjacent to an activating group) is 1. The summed E-state index contributed by atoms with van der Waals surface area (Å²) < 4.78 is 7.83. The summed E-state index contributed by atoms with van der Waals surface area (Å²) in [6.07, 6.45) is 2.23. The third kappa shape index (κ3) is 4.30. The first-order valence-corrected chi connectivity index (χ1v) is 8.16. The first kappa shape index (κ1) is 15.0. The van der Waals surface area contributed by atoms with Crippen LogP contribution in [0.1, 0.15) is 5.69 Å².